The van der Waals surface area contributed by atoms with Crippen molar-refractivity contribution < 1.29 is 73.2 Å². The first kappa shape index (κ1) is 61.1. The van der Waals surface area contributed by atoms with Gasteiger partial charge < -0.3 is 74.4 Å². The Kier molecular flexibility index (Phi) is 25.5. The minimum absolute atomic E-state index is 0.0444. The van der Waals surface area contributed by atoms with Crippen molar-refractivity contribution in [2.24, 2.45) is 35.1 Å². The number of nitrogens with one attached hydrogen (secondary N) is 8. The number of hydrogen-bond donors (Lipinski definition) is 14. The number of phenols is 1. The van der Waals surface area contributed by atoms with E-state index in [1.807, 2.05) is 13.8 Å². The van der Waals surface area contributed by atoms with E-state index < -0.39 is 145 Å². The van der Waals surface area contributed by atoms with E-state index in [0.717, 1.165) is 6.92 Å². The molecule has 392 valence electrons. The molecule has 0 heterocycles. The molecule has 70 heavy (non-hydrogen) atoms. The fourth-order valence-corrected chi connectivity index (χ4v) is 6.61. The molecule has 1 aromatic carbocycles. The summed E-state index contributed by atoms with van der Waals surface area (Å²) in [4.78, 5) is 143. The number of aliphatic hydroxyl groups excluding tert-OH is 1. The van der Waals surface area contributed by atoms with E-state index in [1.54, 1.807) is 27.7 Å². The molecule has 0 aliphatic rings. The second-order valence-electron chi connectivity index (χ2n) is 18.5. The number of carboxylic acids is 2. The third-order valence-electron chi connectivity index (χ3n) is 10.5. The van der Waals surface area contributed by atoms with E-state index in [0.29, 0.717) is 5.56 Å². The van der Waals surface area contributed by atoms with Crippen LogP contribution in [0.2, 0.25) is 0 Å². The number of phenolic OH excluding ortho intramolecular Hbond substituents is 1. The molecule has 0 bridgehead atoms. The summed E-state index contributed by atoms with van der Waals surface area (Å²) in [6.07, 6.45) is -3.59. The zero-order chi connectivity index (χ0) is 53.7. The number of benzene rings is 1. The highest BCUT2D eigenvalue weighted by Gasteiger charge is 2.36. The molecule has 0 saturated heterocycles. The van der Waals surface area contributed by atoms with Crippen LogP contribution in [0.1, 0.15) is 93.6 Å². The first-order chi connectivity index (χ1) is 32.4. The van der Waals surface area contributed by atoms with Gasteiger partial charge in [0.25, 0.3) is 0 Å². The maximum absolute atomic E-state index is 13.7. The molecule has 0 spiro atoms. The zero-order valence-electron chi connectivity index (χ0n) is 41.0. The predicted molar refractivity (Wildman–Crippen MR) is 250 cm³/mol. The van der Waals surface area contributed by atoms with Gasteiger partial charge in [-0.2, -0.15) is 0 Å². The Morgan fingerprint density at radius 3 is 1.40 bits per heavy atom. The summed E-state index contributed by atoms with van der Waals surface area (Å²) in [5.74, 6) is -13.2. The average molecular weight is 993 g/mol. The van der Waals surface area contributed by atoms with E-state index >= 15 is 0 Å². The van der Waals surface area contributed by atoms with E-state index in [1.165, 1.54) is 38.1 Å². The van der Waals surface area contributed by atoms with Crippen molar-refractivity contribution in [1.82, 2.24) is 42.5 Å². The molecule has 0 aliphatic heterocycles. The van der Waals surface area contributed by atoms with E-state index in [4.69, 9.17) is 11.5 Å². The number of aliphatic carboxylic acids is 2. The van der Waals surface area contributed by atoms with Gasteiger partial charge in [0.2, 0.25) is 53.2 Å². The highest BCUT2D eigenvalue weighted by atomic mass is 16.4. The lowest BCUT2D eigenvalue weighted by Crippen LogP contribution is -2.61. The molecule has 0 saturated carbocycles. The number of primary amides is 1. The first-order valence-electron chi connectivity index (χ1n) is 22.8. The normalized spacial score (nSPS) is 15.1. The lowest BCUT2D eigenvalue weighted by atomic mass is 9.98. The van der Waals surface area contributed by atoms with Crippen LogP contribution in [0.5, 0.6) is 5.75 Å². The molecule has 0 unspecified atom stereocenters. The summed E-state index contributed by atoms with van der Waals surface area (Å²) in [5, 5.41) is 58.2. The summed E-state index contributed by atoms with van der Waals surface area (Å²) in [5.41, 5.74) is 11.7. The molecule has 0 aliphatic carbocycles. The SMILES string of the molecule is CC(C)C[C@H](NC(=O)[C@H](CC(C)C)NC(=O)[C@@H](N)C(C)C)C(=O)N[C@@H](CC(N)=O)C(=O)NCC(=O)N[C@H](C(=O)N[C@@H](Cc1ccc(O)cc1)C(=O)N[C@@H](CC(=O)O)C(=O)N[C@H](C(=O)O)C(C)C)[C@@H](C)O. The summed E-state index contributed by atoms with van der Waals surface area (Å²) in [7, 11) is 0. The number of aliphatic hydroxyl groups is 1. The van der Waals surface area contributed by atoms with Crippen molar-refractivity contribution in [1.29, 1.82) is 0 Å². The van der Waals surface area contributed by atoms with Crippen molar-refractivity contribution in [2.75, 3.05) is 6.54 Å². The Balaban J connectivity index is 3.31. The second kappa shape index (κ2) is 29.2. The molecule has 9 amide bonds. The molecule has 25 nitrogen and oxygen atoms in total. The molecule has 1 aromatic rings. The Bertz CT molecular complexity index is 2010. The molecule has 0 aromatic heterocycles. The lowest BCUT2D eigenvalue weighted by Gasteiger charge is -2.27. The molecular weight excluding hydrogens is 921 g/mol. The van der Waals surface area contributed by atoms with Gasteiger partial charge in [0.15, 0.2) is 0 Å². The molecular formula is C45H72N10O15. The highest BCUT2D eigenvalue weighted by molar-refractivity contribution is 5.99. The van der Waals surface area contributed by atoms with Crippen molar-refractivity contribution in [2.45, 2.75) is 149 Å². The van der Waals surface area contributed by atoms with Crippen LogP contribution in [0.25, 0.3) is 0 Å². The predicted octanol–water partition coefficient (Wildman–Crippen LogP) is -3.01. The summed E-state index contributed by atoms with van der Waals surface area (Å²) in [6.45, 7) is 13.8. The second-order valence-corrected chi connectivity index (χ2v) is 18.5. The number of carbonyl (C=O) groups excluding carboxylic acids is 9. The number of hydrogen-bond acceptors (Lipinski definition) is 14. The van der Waals surface area contributed by atoms with Crippen molar-refractivity contribution in [3.05, 3.63) is 29.8 Å². The van der Waals surface area contributed by atoms with Crippen LogP contribution in [-0.4, -0.2) is 147 Å². The fourth-order valence-electron chi connectivity index (χ4n) is 6.61. The topological polar surface area (TPSA) is 417 Å². The quantitative estimate of drug-likeness (QED) is 0.0365. The van der Waals surface area contributed by atoms with Crippen LogP contribution in [0.3, 0.4) is 0 Å². The van der Waals surface area contributed by atoms with Gasteiger partial charge in [0.05, 0.1) is 31.5 Å². The summed E-state index contributed by atoms with van der Waals surface area (Å²) >= 11 is 0. The number of carbonyl (C=O) groups is 11. The molecule has 25 heteroatoms. The van der Waals surface area contributed by atoms with Crippen molar-refractivity contribution in [3.8, 4) is 5.75 Å². The van der Waals surface area contributed by atoms with Crippen LogP contribution in [0, 0.1) is 23.7 Å². The van der Waals surface area contributed by atoms with Gasteiger partial charge in [-0.15, -0.1) is 0 Å². The summed E-state index contributed by atoms with van der Waals surface area (Å²) < 4.78 is 0. The lowest BCUT2D eigenvalue weighted by molar-refractivity contribution is -0.144. The number of nitrogens with two attached hydrogens (primary N) is 2. The van der Waals surface area contributed by atoms with Crippen LogP contribution < -0.4 is 54.0 Å². The van der Waals surface area contributed by atoms with E-state index in [2.05, 4.69) is 42.5 Å². The fraction of sp³-hybridized carbons (Fsp3) is 0.622. The Morgan fingerprint density at radius 2 is 0.971 bits per heavy atom. The third-order valence-corrected chi connectivity index (χ3v) is 10.5. The van der Waals surface area contributed by atoms with Crippen LogP contribution in [0.4, 0.5) is 0 Å². The standard InChI is InChI=1S/C45H72N10O15/c1-20(2)14-27(49-40(64)28(15-21(3)4)52-43(67)35(47)22(5)6)39(63)50-30(17-32(46)58)38(62)48-19-33(59)54-37(24(9)56)44(68)53-29(16-25-10-12-26(57)13-11-25)41(65)51-31(18-34(60)61)42(66)55-36(23(7)8)45(69)70/h10-13,20-24,27-31,35-37,56-57H,14-19,47H2,1-9H3,(H2,46,58)(H,48,62)(H,49,64)(H,50,63)(H,51,65)(H,52,67)(H,53,68)(H,54,59)(H,55,66)(H,60,61)(H,69,70)/t24-,27+,28+,29+,30+,31+,35+,36+,37+/m1/s1. The van der Waals surface area contributed by atoms with Gasteiger partial charge in [0, 0.05) is 6.42 Å². The number of carboxylic acid groups (broad SMARTS) is 2. The number of aromatic hydroxyl groups is 1. The molecule has 0 radical (unpaired) electrons. The number of rotatable bonds is 30. The maximum atomic E-state index is 13.7. The molecule has 0 fully saturated rings. The largest absolute Gasteiger partial charge is 0.508 e. The number of amides is 9. The molecule has 1 rings (SSSR count). The Labute approximate surface area is 406 Å². The summed E-state index contributed by atoms with van der Waals surface area (Å²) in [6, 6.07) is -6.52. The minimum atomic E-state index is -1.85. The van der Waals surface area contributed by atoms with Gasteiger partial charge >= 0.3 is 11.9 Å². The Hall–Kier alpha value is -6.89. The monoisotopic (exact) mass is 993 g/mol. The van der Waals surface area contributed by atoms with Crippen LogP contribution in [0.15, 0.2) is 24.3 Å². The van der Waals surface area contributed by atoms with Gasteiger partial charge in [-0.05, 0) is 61.1 Å². The smallest absolute Gasteiger partial charge is 0.326 e. The molecule has 9 atom stereocenters. The van der Waals surface area contributed by atoms with E-state index in [9.17, 15) is 73.2 Å². The van der Waals surface area contributed by atoms with Gasteiger partial charge in [-0.1, -0.05) is 67.5 Å². The van der Waals surface area contributed by atoms with E-state index in [-0.39, 0.29) is 42.8 Å². The average Bonchev–Trinajstić information content (AvgIpc) is 3.24. The third kappa shape index (κ3) is 22.0. The Morgan fingerprint density at radius 1 is 0.529 bits per heavy atom. The van der Waals surface area contributed by atoms with Crippen molar-refractivity contribution in [3.63, 3.8) is 0 Å². The van der Waals surface area contributed by atoms with Gasteiger partial charge in [-0.3, -0.25) is 47.9 Å². The van der Waals surface area contributed by atoms with Crippen LogP contribution in [-0.2, 0) is 59.2 Å². The minimum Gasteiger partial charge on any atom is -0.508 e. The van der Waals surface area contributed by atoms with Crippen molar-refractivity contribution >= 4 is 65.1 Å². The first-order valence-corrected chi connectivity index (χ1v) is 22.8. The van der Waals surface area contributed by atoms with Gasteiger partial charge in [0.1, 0.15) is 48.0 Å². The maximum Gasteiger partial charge on any atom is 0.326 e. The molecule has 16 N–H and O–H groups in total. The highest BCUT2D eigenvalue weighted by Crippen LogP contribution is 2.14. The zero-order valence-corrected chi connectivity index (χ0v) is 41.0. The van der Waals surface area contributed by atoms with Gasteiger partial charge in [-0.25, -0.2) is 4.79 Å². The van der Waals surface area contributed by atoms with Crippen LogP contribution >= 0.6 is 0 Å².